The zero-order chi connectivity index (χ0) is 20.5. The van der Waals surface area contributed by atoms with Crippen LogP contribution in [0.3, 0.4) is 0 Å². The number of alkyl halides is 2. The van der Waals surface area contributed by atoms with Crippen LogP contribution in [0, 0.1) is 0 Å². The fourth-order valence-corrected chi connectivity index (χ4v) is 3.42. The predicted octanol–water partition coefficient (Wildman–Crippen LogP) is 4.56. The molecular weight excluding hydrogens is 432 g/mol. The Morgan fingerprint density at radius 3 is 2.54 bits per heavy atom. The molecule has 0 saturated carbocycles. The Bertz CT molecular complexity index is 983. The lowest BCUT2D eigenvalue weighted by Crippen LogP contribution is -2.46. The van der Waals surface area contributed by atoms with Crippen LogP contribution in [0.15, 0.2) is 53.1 Å². The molecule has 148 valence electrons. The van der Waals surface area contributed by atoms with Gasteiger partial charge >= 0.3 is 5.92 Å². The van der Waals surface area contributed by atoms with Crippen molar-refractivity contribution in [3.05, 3.63) is 58.7 Å². The number of fused-ring (bicyclic) bond motifs is 1. The summed E-state index contributed by atoms with van der Waals surface area (Å²) in [6.07, 6.45) is 1.84. The summed E-state index contributed by atoms with van der Waals surface area (Å²) in [6, 6.07) is 11.8. The molecular formula is C20H20BrF2N3O2. The van der Waals surface area contributed by atoms with Gasteiger partial charge in [-0.3, -0.25) is 9.48 Å². The number of amides is 1. The SMILES string of the molecule is COc1ccc(C(C(C)NC(=O)C(C)(F)F)n2cc3cc(Br)ccc3n2)cc1. The Hall–Kier alpha value is -2.48. The van der Waals surface area contributed by atoms with Crippen LogP contribution in [-0.4, -0.2) is 34.8 Å². The summed E-state index contributed by atoms with van der Waals surface area (Å²) >= 11 is 3.43. The fourth-order valence-electron chi connectivity index (χ4n) is 3.04. The lowest BCUT2D eigenvalue weighted by molar-refractivity contribution is -0.143. The molecule has 0 bridgehead atoms. The van der Waals surface area contributed by atoms with E-state index in [1.165, 1.54) is 0 Å². The Morgan fingerprint density at radius 1 is 1.25 bits per heavy atom. The molecule has 0 fully saturated rings. The van der Waals surface area contributed by atoms with Crippen LogP contribution in [0.2, 0.25) is 0 Å². The first-order chi connectivity index (χ1) is 13.2. The molecule has 0 aliphatic carbocycles. The smallest absolute Gasteiger partial charge is 0.321 e. The number of hydrogen-bond acceptors (Lipinski definition) is 3. The molecule has 0 radical (unpaired) electrons. The van der Waals surface area contributed by atoms with Crippen LogP contribution >= 0.6 is 15.9 Å². The number of rotatable bonds is 6. The second-order valence-corrected chi connectivity index (χ2v) is 7.60. The zero-order valence-corrected chi connectivity index (χ0v) is 17.2. The van der Waals surface area contributed by atoms with Crippen molar-refractivity contribution in [1.82, 2.24) is 15.1 Å². The normalized spacial score (nSPS) is 13.9. The molecule has 3 rings (SSSR count). The molecule has 5 nitrogen and oxygen atoms in total. The summed E-state index contributed by atoms with van der Waals surface area (Å²) in [5.41, 5.74) is 1.57. The molecule has 2 aromatic carbocycles. The number of carbonyl (C=O) groups is 1. The molecule has 28 heavy (non-hydrogen) atoms. The van der Waals surface area contributed by atoms with Gasteiger partial charge in [-0.25, -0.2) is 0 Å². The van der Waals surface area contributed by atoms with Crippen molar-refractivity contribution >= 4 is 32.7 Å². The highest BCUT2D eigenvalue weighted by Crippen LogP contribution is 2.28. The maximum absolute atomic E-state index is 13.4. The molecule has 1 amide bonds. The maximum atomic E-state index is 13.4. The zero-order valence-electron chi connectivity index (χ0n) is 15.6. The summed E-state index contributed by atoms with van der Waals surface area (Å²) in [5.74, 6) is -4.11. The number of methoxy groups -OCH3 is 1. The first-order valence-corrected chi connectivity index (χ1v) is 9.45. The van der Waals surface area contributed by atoms with E-state index in [0.29, 0.717) is 12.7 Å². The molecule has 2 unspecified atom stereocenters. The van der Waals surface area contributed by atoms with Crippen molar-refractivity contribution in [3.63, 3.8) is 0 Å². The van der Waals surface area contributed by atoms with Gasteiger partial charge in [0.05, 0.1) is 24.7 Å². The number of nitrogens with zero attached hydrogens (tertiary/aromatic N) is 2. The summed E-state index contributed by atoms with van der Waals surface area (Å²) in [4.78, 5) is 11.8. The Balaban J connectivity index is 2.02. The summed E-state index contributed by atoms with van der Waals surface area (Å²) in [7, 11) is 1.57. The van der Waals surface area contributed by atoms with Crippen LogP contribution in [0.25, 0.3) is 10.9 Å². The van der Waals surface area contributed by atoms with Crippen molar-refractivity contribution in [2.24, 2.45) is 0 Å². The van der Waals surface area contributed by atoms with E-state index < -0.39 is 23.9 Å². The van der Waals surface area contributed by atoms with E-state index in [1.807, 2.05) is 36.5 Å². The standard InChI is InChI=1S/C20H20BrF2N3O2/c1-12(24-19(27)20(2,22)23)18(13-4-7-16(28-3)8-5-13)26-11-14-10-15(21)6-9-17(14)25-26/h4-12,18H,1-3H3,(H,24,27). The van der Waals surface area contributed by atoms with Gasteiger partial charge in [-0.1, -0.05) is 28.1 Å². The number of carbonyl (C=O) groups excluding carboxylic acids is 1. The van der Waals surface area contributed by atoms with Crippen molar-refractivity contribution in [2.45, 2.75) is 31.9 Å². The summed E-state index contributed by atoms with van der Waals surface area (Å²) in [6.45, 7) is 2.26. The average Bonchev–Trinajstić information content (AvgIpc) is 3.04. The van der Waals surface area contributed by atoms with Gasteiger partial charge < -0.3 is 10.1 Å². The van der Waals surface area contributed by atoms with Gasteiger partial charge in [0.25, 0.3) is 5.91 Å². The highest BCUT2D eigenvalue weighted by Gasteiger charge is 2.35. The largest absolute Gasteiger partial charge is 0.497 e. The van der Waals surface area contributed by atoms with E-state index in [2.05, 4.69) is 26.3 Å². The minimum atomic E-state index is -3.46. The van der Waals surface area contributed by atoms with Gasteiger partial charge in [0.2, 0.25) is 0 Å². The van der Waals surface area contributed by atoms with E-state index in [-0.39, 0.29) is 0 Å². The van der Waals surface area contributed by atoms with E-state index >= 15 is 0 Å². The molecule has 0 spiro atoms. The van der Waals surface area contributed by atoms with Gasteiger partial charge in [0.1, 0.15) is 5.75 Å². The van der Waals surface area contributed by atoms with Crippen molar-refractivity contribution in [3.8, 4) is 5.75 Å². The number of aromatic nitrogens is 2. The third kappa shape index (κ3) is 4.32. The summed E-state index contributed by atoms with van der Waals surface area (Å²) < 4.78 is 34.6. The summed E-state index contributed by atoms with van der Waals surface area (Å²) in [5, 5.41) is 7.90. The van der Waals surface area contributed by atoms with Crippen LogP contribution in [-0.2, 0) is 4.79 Å². The number of benzene rings is 2. The van der Waals surface area contributed by atoms with Crippen molar-refractivity contribution < 1.29 is 18.3 Å². The van der Waals surface area contributed by atoms with Crippen LogP contribution in [0.1, 0.15) is 25.5 Å². The average molecular weight is 452 g/mol. The highest BCUT2D eigenvalue weighted by atomic mass is 79.9. The monoisotopic (exact) mass is 451 g/mol. The number of halogens is 3. The van der Waals surface area contributed by atoms with Gasteiger partial charge in [-0.15, -0.1) is 0 Å². The van der Waals surface area contributed by atoms with Gasteiger partial charge in [-0.05, 0) is 42.8 Å². The predicted molar refractivity (Wildman–Crippen MR) is 107 cm³/mol. The molecule has 0 aliphatic heterocycles. The van der Waals surface area contributed by atoms with Crippen LogP contribution in [0.4, 0.5) is 8.78 Å². The number of ether oxygens (including phenoxy) is 1. The maximum Gasteiger partial charge on any atom is 0.321 e. The third-order valence-corrected chi connectivity index (χ3v) is 4.95. The molecule has 2 atom stereocenters. The third-order valence-electron chi connectivity index (χ3n) is 4.46. The fraction of sp³-hybridized carbons (Fsp3) is 0.300. The minimum Gasteiger partial charge on any atom is -0.497 e. The molecule has 3 aromatic rings. The molecule has 1 heterocycles. The lowest BCUT2D eigenvalue weighted by Gasteiger charge is -2.27. The van der Waals surface area contributed by atoms with Crippen molar-refractivity contribution in [2.75, 3.05) is 7.11 Å². The van der Waals surface area contributed by atoms with Crippen LogP contribution in [0.5, 0.6) is 5.75 Å². The molecule has 0 saturated heterocycles. The first kappa shape index (κ1) is 20.3. The Morgan fingerprint density at radius 2 is 1.93 bits per heavy atom. The molecule has 0 aliphatic rings. The van der Waals surface area contributed by atoms with Gasteiger partial charge in [0.15, 0.2) is 0 Å². The molecule has 8 heteroatoms. The number of nitrogens with one attached hydrogen (secondary N) is 1. The minimum absolute atomic E-state index is 0.483. The second-order valence-electron chi connectivity index (χ2n) is 6.68. The Kier molecular flexibility index (Phi) is 5.69. The van der Waals surface area contributed by atoms with E-state index in [1.54, 1.807) is 30.8 Å². The molecule has 1 aromatic heterocycles. The van der Waals surface area contributed by atoms with E-state index in [4.69, 9.17) is 4.74 Å². The first-order valence-electron chi connectivity index (χ1n) is 8.66. The van der Waals surface area contributed by atoms with Gasteiger partial charge in [0, 0.05) is 23.0 Å². The lowest BCUT2D eigenvalue weighted by atomic mass is 10.00. The highest BCUT2D eigenvalue weighted by molar-refractivity contribution is 9.10. The van der Waals surface area contributed by atoms with Crippen molar-refractivity contribution in [1.29, 1.82) is 0 Å². The van der Waals surface area contributed by atoms with Gasteiger partial charge in [-0.2, -0.15) is 13.9 Å². The second kappa shape index (κ2) is 7.87. The topological polar surface area (TPSA) is 56.1 Å². The number of hydrogen-bond donors (Lipinski definition) is 1. The quantitative estimate of drug-likeness (QED) is 0.597. The van der Waals surface area contributed by atoms with E-state index in [9.17, 15) is 13.6 Å². The Labute approximate surface area is 169 Å². The molecule has 1 N–H and O–H groups in total. The van der Waals surface area contributed by atoms with Crippen LogP contribution < -0.4 is 10.1 Å². The van der Waals surface area contributed by atoms with E-state index in [0.717, 1.165) is 20.9 Å².